The fourth-order valence-corrected chi connectivity index (χ4v) is 2.59. The summed E-state index contributed by atoms with van der Waals surface area (Å²) in [6, 6.07) is 9.62. The average Bonchev–Trinajstić information content (AvgIpc) is 2.64. The number of aliphatic hydroxyl groups is 1. The number of pyridine rings is 1. The minimum absolute atomic E-state index is 0.254. The predicted molar refractivity (Wildman–Crippen MR) is 100 cm³/mol. The van der Waals surface area contributed by atoms with Crippen LogP contribution in [0.15, 0.2) is 36.5 Å². The first-order valence-corrected chi connectivity index (χ1v) is 9.18. The van der Waals surface area contributed by atoms with Crippen molar-refractivity contribution in [2.75, 3.05) is 26.7 Å². The van der Waals surface area contributed by atoms with Crippen LogP contribution in [-0.2, 0) is 13.2 Å². The van der Waals surface area contributed by atoms with Gasteiger partial charge in [0.2, 0.25) is 0 Å². The zero-order valence-corrected chi connectivity index (χ0v) is 16.1. The lowest BCUT2D eigenvalue weighted by atomic mass is 10.2. The first kappa shape index (κ1) is 20.5. The van der Waals surface area contributed by atoms with Crippen LogP contribution >= 0.6 is 11.6 Å². The van der Waals surface area contributed by atoms with Gasteiger partial charge in [0.05, 0.1) is 13.2 Å². The van der Waals surface area contributed by atoms with Gasteiger partial charge in [-0.25, -0.2) is 4.98 Å². The maximum atomic E-state index is 9.22. The lowest BCUT2D eigenvalue weighted by Crippen LogP contribution is -2.95. The van der Waals surface area contributed by atoms with Crippen molar-refractivity contribution in [1.82, 2.24) is 4.98 Å². The van der Waals surface area contributed by atoms with Gasteiger partial charge in [0.1, 0.15) is 37.9 Å². The number of aromatic nitrogens is 1. The Hall–Kier alpha value is -1.86. The van der Waals surface area contributed by atoms with Gasteiger partial charge >= 0.3 is 0 Å². The van der Waals surface area contributed by atoms with Gasteiger partial charge in [0, 0.05) is 17.3 Å². The van der Waals surface area contributed by atoms with Crippen molar-refractivity contribution in [2.45, 2.75) is 26.2 Å². The molecule has 0 bridgehead atoms. The summed E-state index contributed by atoms with van der Waals surface area (Å²) in [6.45, 7) is 5.82. The molecule has 0 fully saturated rings. The second-order valence-corrected chi connectivity index (χ2v) is 6.59. The van der Waals surface area contributed by atoms with Gasteiger partial charge in [0.15, 0.2) is 11.5 Å². The van der Waals surface area contributed by atoms with Crippen LogP contribution in [0.5, 0.6) is 11.5 Å². The molecule has 5 N–H and O–H groups in total. The van der Waals surface area contributed by atoms with E-state index in [0.29, 0.717) is 17.5 Å². The van der Waals surface area contributed by atoms with Gasteiger partial charge in [-0.1, -0.05) is 17.7 Å². The third-order valence-corrected chi connectivity index (χ3v) is 4.10. The Kier molecular flexibility index (Phi) is 8.64. The monoisotopic (exact) mass is 381 g/mol. The van der Waals surface area contributed by atoms with E-state index in [9.17, 15) is 5.11 Å². The van der Waals surface area contributed by atoms with Crippen LogP contribution in [0.2, 0.25) is 5.15 Å². The van der Waals surface area contributed by atoms with E-state index in [-0.39, 0.29) is 6.10 Å². The van der Waals surface area contributed by atoms with Crippen molar-refractivity contribution < 1.29 is 25.2 Å². The summed E-state index contributed by atoms with van der Waals surface area (Å²) in [4.78, 5) is 4.05. The molecule has 2 aromatic rings. The van der Waals surface area contributed by atoms with Gasteiger partial charge in [-0.05, 0) is 31.2 Å². The van der Waals surface area contributed by atoms with Crippen molar-refractivity contribution in [2.24, 2.45) is 0 Å². The number of hydrogen-bond acceptors (Lipinski definition) is 4. The van der Waals surface area contributed by atoms with Gasteiger partial charge in [0.25, 0.3) is 0 Å². The molecule has 0 aliphatic heterocycles. The molecule has 26 heavy (non-hydrogen) atoms. The number of halogens is 1. The number of ether oxygens (including phenoxy) is 2. The molecule has 1 heterocycles. The number of benzene rings is 1. The Balaban J connectivity index is 1.81. The SMILES string of the molecule is COc1cc(C[NH2+]CC[NH2+]C[C@@H](C)O)ccc1OCc1ccc(Cl)nc1. The molecule has 0 amide bonds. The summed E-state index contributed by atoms with van der Waals surface area (Å²) >= 11 is 5.79. The minimum atomic E-state index is -0.254. The molecule has 142 valence electrons. The predicted octanol–water partition coefficient (Wildman–Crippen LogP) is 0.330. The number of aliphatic hydroxyl groups excluding tert-OH is 1. The van der Waals surface area contributed by atoms with E-state index in [1.807, 2.05) is 24.3 Å². The van der Waals surface area contributed by atoms with Gasteiger partial charge in [-0.15, -0.1) is 0 Å². The Morgan fingerprint density at radius 2 is 1.88 bits per heavy atom. The molecule has 1 aromatic carbocycles. The molecule has 7 heteroatoms. The van der Waals surface area contributed by atoms with E-state index in [4.69, 9.17) is 21.1 Å². The second kappa shape index (κ2) is 11.0. The summed E-state index contributed by atoms with van der Waals surface area (Å²) in [7, 11) is 1.64. The van der Waals surface area contributed by atoms with Crippen molar-refractivity contribution in [3.8, 4) is 11.5 Å². The van der Waals surface area contributed by atoms with Crippen molar-refractivity contribution in [3.05, 3.63) is 52.8 Å². The highest BCUT2D eigenvalue weighted by Crippen LogP contribution is 2.28. The summed E-state index contributed by atoms with van der Waals surface area (Å²) < 4.78 is 11.3. The zero-order chi connectivity index (χ0) is 18.8. The fraction of sp³-hybridized carbons (Fsp3) is 0.421. The van der Waals surface area contributed by atoms with Crippen molar-refractivity contribution >= 4 is 11.6 Å². The number of methoxy groups -OCH3 is 1. The normalized spacial score (nSPS) is 12.0. The third-order valence-electron chi connectivity index (χ3n) is 3.87. The molecule has 0 saturated carbocycles. The largest absolute Gasteiger partial charge is 0.493 e. The molecule has 0 aliphatic carbocycles. The summed E-state index contributed by atoms with van der Waals surface area (Å²) in [5.74, 6) is 1.43. The van der Waals surface area contributed by atoms with E-state index in [2.05, 4.69) is 15.6 Å². The van der Waals surface area contributed by atoms with Crippen LogP contribution in [0.25, 0.3) is 0 Å². The molecule has 0 unspecified atom stereocenters. The Bertz CT molecular complexity index is 666. The quantitative estimate of drug-likeness (QED) is 0.387. The maximum absolute atomic E-state index is 9.22. The van der Waals surface area contributed by atoms with E-state index in [1.165, 1.54) is 5.56 Å². The maximum Gasteiger partial charge on any atom is 0.161 e. The number of quaternary nitrogens is 2. The van der Waals surface area contributed by atoms with Crippen molar-refractivity contribution in [1.29, 1.82) is 0 Å². The molecule has 0 saturated heterocycles. The van der Waals surface area contributed by atoms with Crippen LogP contribution < -0.4 is 20.1 Å². The van der Waals surface area contributed by atoms with Gasteiger partial charge in [-0.2, -0.15) is 0 Å². The Morgan fingerprint density at radius 3 is 2.58 bits per heavy atom. The highest BCUT2D eigenvalue weighted by molar-refractivity contribution is 6.29. The van der Waals surface area contributed by atoms with E-state index in [0.717, 1.165) is 37.5 Å². The minimum Gasteiger partial charge on any atom is -0.493 e. The highest BCUT2D eigenvalue weighted by atomic mass is 35.5. The molecule has 1 atom stereocenters. The highest BCUT2D eigenvalue weighted by Gasteiger charge is 2.08. The summed E-state index contributed by atoms with van der Waals surface area (Å²) in [5.41, 5.74) is 2.13. The molecule has 2 rings (SSSR count). The van der Waals surface area contributed by atoms with Crippen LogP contribution in [0.4, 0.5) is 0 Å². The fourth-order valence-electron chi connectivity index (χ4n) is 2.47. The number of nitrogens with zero attached hydrogens (tertiary/aromatic N) is 1. The van der Waals surface area contributed by atoms with Crippen LogP contribution in [0, 0.1) is 0 Å². The first-order valence-electron chi connectivity index (χ1n) is 8.80. The number of hydrogen-bond donors (Lipinski definition) is 3. The van der Waals surface area contributed by atoms with Gasteiger partial charge in [-0.3, -0.25) is 0 Å². The third kappa shape index (κ3) is 7.17. The molecular weight excluding hydrogens is 354 g/mol. The van der Waals surface area contributed by atoms with E-state index >= 15 is 0 Å². The van der Waals surface area contributed by atoms with Crippen LogP contribution in [0.1, 0.15) is 18.1 Å². The standard InChI is InChI=1S/C19H26ClN3O3/c1-14(24)10-21-7-8-22-11-15-3-5-17(18(9-15)25-2)26-13-16-4-6-19(20)23-12-16/h3-6,9,12,14,21-22,24H,7-8,10-11,13H2,1-2H3/p+2/t14-/m1/s1. The smallest absolute Gasteiger partial charge is 0.161 e. The number of nitrogens with two attached hydrogens (primary N) is 2. The molecule has 0 spiro atoms. The zero-order valence-electron chi connectivity index (χ0n) is 15.3. The Labute approximate surface area is 159 Å². The van der Waals surface area contributed by atoms with E-state index in [1.54, 1.807) is 26.3 Å². The summed E-state index contributed by atoms with van der Waals surface area (Å²) in [5, 5.41) is 14.1. The summed E-state index contributed by atoms with van der Waals surface area (Å²) in [6.07, 6.45) is 1.45. The molecule has 1 aromatic heterocycles. The molecule has 6 nitrogen and oxygen atoms in total. The first-order chi connectivity index (χ1) is 12.6. The molecule has 0 aliphatic rings. The molecular formula is C19H28ClN3O3+2. The topological polar surface area (TPSA) is 84.8 Å². The number of rotatable bonds is 11. The van der Waals surface area contributed by atoms with Crippen LogP contribution in [0.3, 0.4) is 0 Å². The van der Waals surface area contributed by atoms with Crippen molar-refractivity contribution in [3.63, 3.8) is 0 Å². The van der Waals surface area contributed by atoms with E-state index < -0.39 is 0 Å². The molecule has 0 radical (unpaired) electrons. The van der Waals surface area contributed by atoms with Crippen LogP contribution in [-0.4, -0.2) is 42.9 Å². The lowest BCUT2D eigenvalue weighted by Gasteiger charge is -2.12. The average molecular weight is 382 g/mol. The second-order valence-electron chi connectivity index (χ2n) is 6.21. The van der Waals surface area contributed by atoms with Gasteiger partial charge < -0.3 is 25.2 Å². The lowest BCUT2D eigenvalue weighted by molar-refractivity contribution is -0.733. The Morgan fingerprint density at radius 1 is 1.12 bits per heavy atom.